The van der Waals surface area contributed by atoms with E-state index in [2.05, 4.69) is 44.7 Å². The van der Waals surface area contributed by atoms with Gasteiger partial charge in [0.05, 0.1) is 5.71 Å². The second-order valence-corrected chi connectivity index (χ2v) is 10.2. The third-order valence-electron chi connectivity index (χ3n) is 4.08. The lowest BCUT2D eigenvalue weighted by Gasteiger charge is -2.20. The SMILES string of the molecule is C[C@H](NCCC(=N[S+]([O-])C(C)(C)C)c1ccc(F)cc1)c1ccc(Br)cc1. The zero-order valence-corrected chi connectivity index (χ0v) is 18.5. The Labute approximate surface area is 172 Å². The molecule has 0 bridgehead atoms. The van der Waals surface area contributed by atoms with Crippen molar-refractivity contribution < 1.29 is 8.94 Å². The maximum Gasteiger partial charge on any atom is 0.144 e. The van der Waals surface area contributed by atoms with Crippen LogP contribution in [-0.2, 0) is 11.4 Å². The number of nitrogens with zero attached hydrogens (tertiary/aromatic N) is 1. The van der Waals surface area contributed by atoms with E-state index in [4.69, 9.17) is 0 Å². The van der Waals surface area contributed by atoms with Crippen molar-refractivity contribution in [3.05, 3.63) is 69.9 Å². The molecule has 1 unspecified atom stereocenters. The molecule has 0 aromatic heterocycles. The summed E-state index contributed by atoms with van der Waals surface area (Å²) in [5.41, 5.74) is 2.71. The summed E-state index contributed by atoms with van der Waals surface area (Å²) in [7, 11) is 0. The van der Waals surface area contributed by atoms with E-state index in [1.807, 2.05) is 32.9 Å². The minimum absolute atomic E-state index is 0.181. The van der Waals surface area contributed by atoms with Gasteiger partial charge in [-0.15, -0.1) is 0 Å². The molecule has 0 heterocycles. The molecule has 146 valence electrons. The Kier molecular flexibility index (Phi) is 8.04. The highest BCUT2D eigenvalue weighted by Gasteiger charge is 2.27. The summed E-state index contributed by atoms with van der Waals surface area (Å²) in [6.45, 7) is 8.45. The largest absolute Gasteiger partial charge is 0.591 e. The lowest BCUT2D eigenvalue weighted by atomic mass is 10.1. The van der Waals surface area contributed by atoms with Crippen LogP contribution in [0.2, 0.25) is 0 Å². The van der Waals surface area contributed by atoms with Gasteiger partial charge in [0, 0.05) is 29.0 Å². The topological polar surface area (TPSA) is 47.5 Å². The van der Waals surface area contributed by atoms with Crippen LogP contribution in [0.15, 0.2) is 57.4 Å². The molecule has 2 aromatic rings. The molecular weight excluding hydrogens is 427 g/mol. The Morgan fingerprint density at radius 3 is 2.30 bits per heavy atom. The summed E-state index contributed by atoms with van der Waals surface area (Å²) < 4.78 is 30.8. The fourth-order valence-corrected chi connectivity index (χ4v) is 3.33. The van der Waals surface area contributed by atoms with Crippen LogP contribution in [0, 0.1) is 5.82 Å². The zero-order chi connectivity index (χ0) is 20.0. The van der Waals surface area contributed by atoms with Crippen molar-refractivity contribution in [1.29, 1.82) is 0 Å². The highest BCUT2D eigenvalue weighted by Crippen LogP contribution is 2.20. The van der Waals surface area contributed by atoms with Crippen LogP contribution in [0.4, 0.5) is 4.39 Å². The first kappa shape index (κ1) is 22.1. The van der Waals surface area contributed by atoms with E-state index in [0.29, 0.717) is 13.0 Å². The smallest absolute Gasteiger partial charge is 0.144 e. The van der Waals surface area contributed by atoms with Gasteiger partial charge in [0.2, 0.25) is 0 Å². The molecule has 2 atom stereocenters. The van der Waals surface area contributed by atoms with Gasteiger partial charge >= 0.3 is 0 Å². The van der Waals surface area contributed by atoms with Gasteiger partial charge in [0.25, 0.3) is 0 Å². The summed E-state index contributed by atoms with van der Waals surface area (Å²) in [6, 6.07) is 14.6. The van der Waals surface area contributed by atoms with E-state index in [9.17, 15) is 8.94 Å². The molecule has 0 spiro atoms. The molecule has 2 aromatic carbocycles. The molecule has 0 aliphatic heterocycles. The molecule has 0 saturated carbocycles. The van der Waals surface area contributed by atoms with Crippen LogP contribution in [0.3, 0.4) is 0 Å². The van der Waals surface area contributed by atoms with Crippen LogP contribution in [0.5, 0.6) is 0 Å². The fourth-order valence-electron chi connectivity index (χ4n) is 2.40. The van der Waals surface area contributed by atoms with Crippen molar-refractivity contribution in [3.8, 4) is 0 Å². The molecule has 3 nitrogen and oxygen atoms in total. The number of benzene rings is 2. The number of rotatable bonds is 7. The standard InChI is InChI=1S/C21H26BrFN2OS/c1-15(16-5-9-18(22)10-6-16)24-14-13-20(25-27(26)21(2,3)4)17-7-11-19(23)12-8-17/h5-12,15,24H,13-14H2,1-4H3/t15-,27?/m0/s1. The molecule has 0 amide bonds. The average molecular weight is 453 g/mol. The highest BCUT2D eigenvalue weighted by molar-refractivity contribution is 9.10. The monoisotopic (exact) mass is 452 g/mol. The van der Waals surface area contributed by atoms with Gasteiger partial charge in [-0.2, -0.15) is 0 Å². The zero-order valence-electron chi connectivity index (χ0n) is 16.1. The van der Waals surface area contributed by atoms with Gasteiger partial charge in [-0.05, 0) is 57.5 Å². The van der Waals surface area contributed by atoms with Crippen molar-refractivity contribution >= 4 is 33.0 Å². The quantitative estimate of drug-likeness (QED) is 0.440. The molecule has 1 N–H and O–H groups in total. The van der Waals surface area contributed by atoms with Crippen LogP contribution in [0.25, 0.3) is 0 Å². The average Bonchev–Trinajstić information content (AvgIpc) is 2.61. The van der Waals surface area contributed by atoms with Crippen LogP contribution in [-0.4, -0.2) is 21.6 Å². The van der Waals surface area contributed by atoms with Gasteiger partial charge in [0.15, 0.2) is 0 Å². The summed E-state index contributed by atoms with van der Waals surface area (Å²) in [5, 5.41) is 3.47. The predicted molar refractivity (Wildman–Crippen MR) is 116 cm³/mol. The van der Waals surface area contributed by atoms with Gasteiger partial charge in [-0.1, -0.05) is 44.6 Å². The lowest BCUT2D eigenvalue weighted by molar-refractivity contribution is 0.561. The fraction of sp³-hybridized carbons (Fsp3) is 0.381. The Hall–Kier alpha value is -1.21. The Balaban J connectivity index is 2.08. The molecule has 0 fully saturated rings. The van der Waals surface area contributed by atoms with Crippen LogP contribution >= 0.6 is 15.9 Å². The first-order valence-corrected chi connectivity index (χ1v) is 10.8. The van der Waals surface area contributed by atoms with Crippen LogP contribution in [0.1, 0.15) is 51.3 Å². The summed E-state index contributed by atoms with van der Waals surface area (Å²) in [4.78, 5) is 0. The van der Waals surface area contributed by atoms with Gasteiger partial charge in [0.1, 0.15) is 21.9 Å². The molecule has 0 saturated heterocycles. The minimum atomic E-state index is -1.36. The van der Waals surface area contributed by atoms with E-state index in [-0.39, 0.29) is 11.9 Å². The van der Waals surface area contributed by atoms with E-state index in [0.717, 1.165) is 15.7 Å². The van der Waals surface area contributed by atoms with E-state index in [1.165, 1.54) is 17.7 Å². The normalized spacial score (nSPS) is 14.9. The van der Waals surface area contributed by atoms with Crippen molar-refractivity contribution in [2.45, 2.75) is 44.9 Å². The maximum atomic E-state index is 13.3. The lowest BCUT2D eigenvalue weighted by Crippen LogP contribution is -2.28. The minimum Gasteiger partial charge on any atom is -0.591 e. The number of halogens is 2. The summed E-state index contributed by atoms with van der Waals surface area (Å²) >= 11 is 2.08. The molecule has 0 aliphatic carbocycles. The first-order chi connectivity index (χ1) is 12.7. The molecule has 6 heteroatoms. The van der Waals surface area contributed by atoms with Crippen molar-refractivity contribution in [3.63, 3.8) is 0 Å². The van der Waals surface area contributed by atoms with E-state index in [1.54, 1.807) is 12.1 Å². The van der Waals surface area contributed by atoms with Crippen molar-refractivity contribution in [1.82, 2.24) is 5.32 Å². The molecule has 27 heavy (non-hydrogen) atoms. The molecule has 0 aliphatic rings. The maximum absolute atomic E-state index is 13.3. The predicted octanol–water partition coefficient (Wildman–Crippen LogP) is 5.58. The highest BCUT2D eigenvalue weighted by atomic mass is 79.9. The third kappa shape index (κ3) is 7.03. The number of hydrogen-bond donors (Lipinski definition) is 1. The van der Waals surface area contributed by atoms with Gasteiger partial charge < -0.3 is 9.87 Å². The molecule has 0 radical (unpaired) electrons. The Bertz CT molecular complexity index is 757. The third-order valence-corrected chi connectivity index (χ3v) is 6.04. The second kappa shape index (κ2) is 9.82. The first-order valence-electron chi connectivity index (χ1n) is 8.91. The van der Waals surface area contributed by atoms with E-state index < -0.39 is 16.1 Å². The Morgan fingerprint density at radius 1 is 1.15 bits per heavy atom. The summed E-state index contributed by atoms with van der Waals surface area (Å²) in [6.07, 6.45) is 0.605. The van der Waals surface area contributed by atoms with Gasteiger partial charge in [-0.25, -0.2) is 4.39 Å². The second-order valence-electron chi connectivity index (χ2n) is 7.38. The molecule has 2 rings (SSSR count). The van der Waals surface area contributed by atoms with E-state index >= 15 is 0 Å². The van der Waals surface area contributed by atoms with Crippen molar-refractivity contribution in [2.75, 3.05) is 6.54 Å². The molecular formula is C21H26BrFN2OS. The summed E-state index contributed by atoms with van der Waals surface area (Å²) in [5.74, 6) is -0.294. The number of nitrogens with one attached hydrogen (secondary N) is 1. The Morgan fingerprint density at radius 2 is 1.74 bits per heavy atom. The van der Waals surface area contributed by atoms with Gasteiger partial charge in [-0.3, -0.25) is 0 Å². The van der Waals surface area contributed by atoms with Crippen molar-refractivity contribution in [2.24, 2.45) is 4.40 Å². The number of hydrogen-bond acceptors (Lipinski definition) is 3. The van der Waals surface area contributed by atoms with Crippen LogP contribution < -0.4 is 5.32 Å².